The summed E-state index contributed by atoms with van der Waals surface area (Å²) in [5, 5.41) is 0. The highest BCUT2D eigenvalue weighted by Crippen LogP contribution is 2.43. The first-order chi connectivity index (χ1) is 21.8. The third kappa shape index (κ3) is 32.2. The van der Waals surface area contributed by atoms with Crippen molar-refractivity contribution in [1.29, 1.82) is 0 Å². The van der Waals surface area contributed by atoms with Crippen LogP contribution in [0, 0.1) is 0 Å². The van der Waals surface area contributed by atoms with Crippen LogP contribution in [0.1, 0.15) is 155 Å². The first kappa shape index (κ1) is 43.5. The number of allylic oxidation sites excluding steroid dienone is 4. The molecule has 0 aliphatic heterocycles. The third-order valence-electron chi connectivity index (χ3n) is 7.34. The average molecular weight is 660 g/mol. The second-order valence-corrected chi connectivity index (χ2v) is 13.2. The molecule has 9 nitrogen and oxygen atoms in total. The molecule has 0 aliphatic carbocycles. The third-order valence-corrected chi connectivity index (χ3v) is 8.32. The molecule has 0 aliphatic rings. The van der Waals surface area contributed by atoms with Crippen LogP contribution in [0.3, 0.4) is 0 Å². The zero-order valence-corrected chi connectivity index (χ0v) is 29.5. The summed E-state index contributed by atoms with van der Waals surface area (Å²) >= 11 is 0. The van der Waals surface area contributed by atoms with Gasteiger partial charge in [0, 0.05) is 19.4 Å². The molecule has 0 aromatic heterocycles. The normalized spacial score (nSPS) is 13.8. The highest BCUT2D eigenvalue weighted by atomic mass is 31.2. The van der Waals surface area contributed by atoms with Crippen molar-refractivity contribution in [3.05, 3.63) is 24.3 Å². The van der Waals surface area contributed by atoms with Crippen molar-refractivity contribution in [3.8, 4) is 0 Å². The van der Waals surface area contributed by atoms with Crippen LogP contribution in [0.5, 0.6) is 0 Å². The summed E-state index contributed by atoms with van der Waals surface area (Å²) in [5.74, 6) is -0.848. The number of ether oxygens (including phenoxy) is 2. The quantitative estimate of drug-likeness (QED) is 0.0306. The second-order valence-electron chi connectivity index (χ2n) is 11.7. The number of phosphoric ester groups is 1. The summed E-state index contributed by atoms with van der Waals surface area (Å²) in [6.07, 6.45) is 30.7. The van der Waals surface area contributed by atoms with Gasteiger partial charge in [-0.15, -0.1) is 0 Å². The van der Waals surface area contributed by atoms with E-state index in [-0.39, 0.29) is 38.6 Å². The van der Waals surface area contributed by atoms with Crippen molar-refractivity contribution >= 4 is 19.8 Å². The summed E-state index contributed by atoms with van der Waals surface area (Å²) in [7, 11) is -4.37. The van der Waals surface area contributed by atoms with E-state index in [0.717, 1.165) is 57.8 Å². The van der Waals surface area contributed by atoms with Crippen molar-refractivity contribution in [2.45, 2.75) is 161 Å². The Labute approximate surface area is 274 Å². The minimum Gasteiger partial charge on any atom is -0.462 e. The van der Waals surface area contributed by atoms with E-state index >= 15 is 0 Å². The van der Waals surface area contributed by atoms with Gasteiger partial charge in [-0.2, -0.15) is 0 Å². The van der Waals surface area contributed by atoms with Crippen LogP contribution in [0.2, 0.25) is 0 Å². The van der Waals surface area contributed by atoms with Gasteiger partial charge < -0.3 is 20.1 Å². The van der Waals surface area contributed by atoms with E-state index in [1.54, 1.807) is 0 Å². The van der Waals surface area contributed by atoms with Crippen LogP contribution >= 0.6 is 7.82 Å². The lowest BCUT2D eigenvalue weighted by atomic mass is 10.1. The van der Waals surface area contributed by atoms with Crippen LogP contribution in [0.25, 0.3) is 0 Å². The molecule has 0 rings (SSSR count). The zero-order chi connectivity index (χ0) is 33.3. The van der Waals surface area contributed by atoms with E-state index in [0.29, 0.717) is 6.42 Å². The predicted molar refractivity (Wildman–Crippen MR) is 183 cm³/mol. The Morgan fingerprint density at radius 1 is 0.667 bits per heavy atom. The van der Waals surface area contributed by atoms with Crippen LogP contribution in [-0.2, 0) is 32.7 Å². The number of esters is 2. The van der Waals surface area contributed by atoms with E-state index in [4.69, 9.17) is 24.3 Å². The molecule has 3 N–H and O–H groups in total. The fourth-order valence-corrected chi connectivity index (χ4v) is 5.43. The van der Waals surface area contributed by atoms with Gasteiger partial charge in [-0.3, -0.25) is 18.6 Å². The molecular weight excluding hydrogens is 593 g/mol. The lowest BCUT2D eigenvalue weighted by molar-refractivity contribution is -0.161. The van der Waals surface area contributed by atoms with Crippen LogP contribution in [0.15, 0.2) is 24.3 Å². The molecule has 0 saturated carbocycles. The number of unbranched alkanes of at least 4 members (excludes halogenated alkanes) is 16. The second kappa shape index (κ2) is 32.4. The Morgan fingerprint density at radius 3 is 1.73 bits per heavy atom. The van der Waals surface area contributed by atoms with Gasteiger partial charge in [-0.25, -0.2) is 4.57 Å². The molecule has 0 spiro atoms. The number of phosphoric acid groups is 1. The number of nitrogens with two attached hydrogens (primary N) is 1. The molecule has 2 atom stereocenters. The topological polar surface area (TPSA) is 134 Å². The Morgan fingerprint density at radius 2 is 1.16 bits per heavy atom. The van der Waals surface area contributed by atoms with Crippen LogP contribution < -0.4 is 5.73 Å². The van der Waals surface area contributed by atoms with E-state index in [1.165, 1.54) is 64.2 Å². The summed E-state index contributed by atoms with van der Waals surface area (Å²) in [6.45, 7) is 3.65. The van der Waals surface area contributed by atoms with E-state index < -0.39 is 26.5 Å². The molecule has 0 fully saturated rings. The fourth-order valence-electron chi connectivity index (χ4n) is 4.66. The Kier molecular flexibility index (Phi) is 31.3. The standard InChI is InChI=1S/C35H66NO8P/c1-3-5-7-9-11-13-14-15-16-17-18-20-22-24-26-28-35(38)44-33(32-43-45(39,40)42-30-29-36)31-41-34(37)27-25-23-21-19-12-10-8-6-4-2/h11,13,15-16,33H,3-10,12,14,17-32,36H2,1-2H3,(H,39,40)/b13-11-,16-15-/t33-/m1/s1. The lowest BCUT2D eigenvalue weighted by Gasteiger charge is -2.19. The maximum absolute atomic E-state index is 12.5. The van der Waals surface area contributed by atoms with Gasteiger partial charge in [0.2, 0.25) is 0 Å². The van der Waals surface area contributed by atoms with Crippen molar-refractivity contribution in [2.24, 2.45) is 5.73 Å². The minimum absolute atomic E-state index is 0.0519. The summed E-state index contributed by atoms with van der Waals surface area (Å²) < 4.78 is 32.5. The van der Waals surface area contributed by atoms with E-state index in [1.807, 2.05) is 0 Å². The SMILES string of the molecule is CCCCC/C=C\C/C=C\CCCCCCCC(=O)O[C@H](COC(=O)CCCCCCCCCCC)COP(=O)(O)OCCN. The van der Waals surface area contributed by atoms with Crippen molar-refractivity contribution in [3.63, 3.8) is 0 Å². The number of hydrogen-bond donors (Lipinski definition) is 2. The largest absolute Gasteiger partial charge is 0.472 e. The Hall–Kier alpha value is -1.51. The average Bonchev–Trinajstić information content (AvgIpc) is 3.02. The predicted octanol–water partition coefficient (Wildman–Crippen LogP) is 9.27. The Balaban J connectivity index is 4.27. The molecule has 45 heavy (non-hydrogen) atoms. The summed E-state index contributed by atoms with van der Waals surface area (Å²) in [5.41, 5.74) is 5.31. The number of carbonyl (C=O) groups is 2. The Bertz CT molecular complexity index is 805. The molecule has 0 aromatic carbocycles. The molecule has 1 unspecified atom stereocenters. The van der Waals surface area contributed by atoms with Gasteiger partial charge in [-0.1, -0.05) is 122 Å². The number of carbonyl (C=O) groups excluding carboxylic acids is 2. The first-order valence-electron chi connectivity index (χ1n) is 17.8. The molecule has 0 bridgehead atoms. The van der Waals surface area contributed by atoms with E-state index in [2.05, 4.69) is 38.2 Å². The highest BCUT2D eigenvalue weighted by Gasteiger charge is 2.25. The van der Waals surface area contributed by atoms with Gasteiger partial charge in [0.25, 0.3) is 0 Å². The monoisotopic (exact) mass is 659 g/mol. The fraction of sp³-hybridized carbons (Fsp3) is 0.829. The zero-order valence-electron chi connectivity index (χ0n) is 28.6. The first-order valence-corrected chi connectivity index (χ1v) is 19.3. The molecule has 0 radical (unpaired) electrons. The molecule has 0 heterocycles. The summed E-state index contributed by atoms with van der Waals surface area (Å²) in [6, 6.07) is 0. The van der Waals surface area contributed by atoms with Crippen LogP contribution in [-0.4, -0.2) is 49.3 Å². The number of hydrogen-bond acceptors (Lipinski definition) is 8. The number of rotatable bonds is 33. The summed E-state index contributed by atoms with van der Waals surface area (Å²) in [4.78, 5) is 34.5. The smallest absolute Gasteiger partial charge is 0.462 e. The molecular formula is C35H66NO8P. The van der Waals surface area contributed by atoms with E-state index in [9.17, 15) is 19.0 Å². The lowest BCUT2D eigenvalue weighted by Crippen LogP contribution is -2.29. The minimum atomic E-state index is -4.37. The molecule has 0 amide bonds. The molecule has 0 saturated heterocycles. The maximum atomic E-state index is 12.5. The van der Waals surface area contributed by atoms with Gasteiger partial charge in [-0.05, 0) is 44.9 Å². The highest BCUT2D eigenvalue weighted by molar-refractivity contribution is 7.47. The molecule has 0 aromatic rings. The molecule has 10 heteroatoms. The van der Waals surface area contributed by atoms with Gasteiger partial charge in [0.15, 0.2) is 6.10 Å². The van der Waals surface area contributed by atoms with Crippen molar-refractivity contribution < 1.29 is 37.6 Å². The van der Waals surface area contributed by atoms with Crippen LogP contribution in [0.4, 0.5) is 0 Å². The van der Waals surface area contributed by atoms with Gasteiger partial charge >= 0.3 is 19.8 Å². The van der Waals surface area contributed by atoms with Gasteiger partial charge in [0.05, 0.1) is 13.2 Å². The van der Waals surface area contributed by atoms with Gasteiger partial charge in [0.1, 0.15) is 6.61 Å². The molecule has 264 valence electrons. The maximum Gasteiger partial charge on any atom is 0.472 e. The van der Waals surface area contributed by atoms with Crippen molar-refractivity contribution in [1.82, 2.24) is 0 Å². The van der Waals surface area contributed by atoms with Crippen molar-refractivity contribution in [2.75, 3.05) is 26.4 Å².